The van der Waals surface area contributed by atoms with E-state index in [0.717, 1.165) is 5.57 Å². The molecular weight excluding hydrogens is 268 g/mol. The van der Waals surface area contributed by atoms with E-state index in [1.165, 1.54) is 0 Å². The quantitative estimate of drug-likeness (QED) is 0.833. The van der Waals surface area contributed by atoms with Crippen LogP contribution in [0.4, 0.5) is 0 Å². The van der Waals surface area contributed by atoms with Gasteiger partial charge in [-0.15, -0.1) is 0 Å². The van der Waals surface area contributed by atoms with Crippen LogP contribution in [0.2, 0.25) is 0 Å². The number of carbonyl (C=O) groups excluding carboxylic acids is 1. The van der Waals surface area contributed by atoms with Gasteiger partial charge in [-0.1, -0.05) is 18.7 Å². The number of nitrogens with two attached hydrogens (primary N) is 1. The summed E-state index contributed by atoms with van der Waals surface area (Å²) in [5, 5.41) is 0. The van der Waals surface area contributed by atoms with Crippen LogP contribution in [-0.4, -0.2) is 49.8 Å². The maximum atomic E-state index is 12.7. The molecule has 1 aliphatic heterocycles. The highest BCUT2D eigenvalue weighted by Crippen LogP contribution is 2.21. The predicted molar refractivity (Wildman–Crippen MR) is 81.4 cm³/mol. The summed E-state index contributed by atoms with van der Waals surface area (Å²) < 4.78 is 11.2. The van der Waals surface area contributed by atoms with E-state index in [1.807, 2.05) is 19.1 Å². The van der Waals surface area contributed by atoms with Gasteiger partial charge in [-0.05, 0) is 24.6 Å². The normalized spacial score (nSPS) is 18.4. The number of amides is 1. The molecule has 1 saturated heterocycles. The molecule has 1 aliphatic rings. The third kappa shape index (κ3) is 4.06. The van der Waals surface area contributed by atoms with Crippen LogP contribution < -0.4 is 10.5 Å². The molecule has 0 spiro atoms. The molecule has 5 heteroatoms. The summed E-state index contributed by atoms with van der Waals surface area (Å²) in [6, 6.07) is 7.27. The number of benzene rings is 1. The second kappa shape index (κ2) is 7.24. The van der Waals surface area contributed by atoms with Crippen molar-refractivity contribution in [3.05, 3.63) is 42.0 Å². The van der Waals surface area contributed by atoms with E-state index in [1.54, 1.807) is 17.0 Å². The lowest BCUT2D eigenvalue weighted by Gasteiger charge is -2.32. The van der Waals surface area contributed by atoms with Gasteiger partial charge in [0.1, 0.15) is 12.4 Å². The smallest absolute Gasteiger partial charge is 0.257 e. The molecule has 1 fully saturated rings. The minimum absolute atomic E-state index is 0.0472. The molecule has 2 rings (SSSR count). The first kappa shape index (κ1) is 15.5. The number of para-hydroxylation sites is 1. The summed E-state index contributed by atoms with van der Waals surface area (Å²) in [6.45, 7) is 8.12. The molecule has 2 N–H and O–H groups in total. The van der Waals surface area contributed by atoms with Crippen molar-refractivity contribution in [3.63, 3.8) is 0 Å². The number of hydrogen-bond donors (Lipinski definition) is 1. The molecular formula is C16H22N2O3. The Balaban J connectivity index is 2.12. The molecule has 0 radical (unpaired) electrons. The first-order chi connectivity index (χ1) is 10.1. The number of rotatable bonds is 5. The number of carbonyl (C=O) groups is 1. The maximum absolute atomic E-state index is 12.7. The van der Waals surface area contributed by atoms with E-state index in [9.17, 15) is 4.79 Å². The fourth-order valence-corrected chi connectivity index (χ4v) is 2.19. The van der Waals surface area contributed by atoms with Gasteiger partial charge < -0.3 is 20.1 Å². The van der Waals surface area contributed by atoms with E-state index in [4.69, 9.17) is 15.2 Å². The van der Waals surface area contributed by atoms with Gasteiger partial charge in [0, 0.05) is 19.6 Å². The Bertz CT molecular complexity index is 516. The number of nitrogens with zero attached hydrogens (tertiary/aromatic N) is 1. The van der Waals surface area contributed by atoms with Gasteiger partial charge in [0.15, 0.2) is 0 Å². The molecule has 21 heavy (non-hydrogen) atoms. The van der Waals surface area contributed by atoms with Crippen molar-refractivity contribution >= 4 is 5.91 Å². The van der Waals surface area contributed by atoms with Crippen LogP contribution in [0.5, 0.6) is 5.75 Å². The molecule has 1 aromatic carbocycles. The van der Waals surface area contributed by atoms with E-state index < -0.39 is 0 Å². The molecule has 1 amide bonds. The lowest BCUT2D eigenvalue weighted by Crippen LogP contribution is -2.48. The van der Waals surface area contributed by atoms with Crippen LogP contribution in [0, 0.1) is 0 Å². The average molecular weight is 290 g/mol. The van der Waals surface area contributed by atoms with Crippen LogP contribution in [0.3, 0.4) is 0 Å². The topological polar surface area (TPSA) is 64.8 Å². The van der Waals surface area contributed by atoms with Crippen molar-refractivity contribution in [1.82, 2.24) is 4.90 Å². The zero-order chi connectivity index (χ0) is 15.2. The largest absolute Gasteiger partial charge is 0.488 e. The fourth-order valence-electron chi connectivity index (χ4n) is 2.19. The van der Waals surface area contributed by atoms with Crippen molar-refractivity contribution < 1.29 is 14.3 Å². The summed E-state index contributed by atoms with van der Waals surface area (Å²) in [4.78, 5) is 14.4. The van der Waals surface area contributed by atoms with Crippen molar-refractivity contribution in [3.8, 4) is 5.75 Å². The maximum Gasteiger partial charge on any atom is 0.257 e. The molecule has 1 unspecified atom stereocenters. The van der Waals surface area contributed by atoms with Gasteiger partial charge in [-0.2, -0.15) is 0 Å². The van der Waals surface area contributed by atoms with Crippen molar-refractivity contribution in [2.24, 2.45) is 5.73 Å². The van der Waals surface area contributed by atoms with E-state index in [-0.39, 0.29) is 12.0 Å². The number of morpholine rings is 1. The standard InChI is InChI=1S/C16H22N2O3/c1-12(2)11-21-15-6-4-3-5-14(15)16(19)18-7-8-20-13(9-17)10-18/h3-6,13H,1,7-11,17H2,2H3. The minimum atomic E-state index is -0.0915. The number of ether oxygens (including phenoxy) is 2. The molecule has 5 nitrogen and oxygen atoms in total. The third-order valence-corrected chi connectivity index (χ3v) is 3.28. The highest BCUT2D eigenvalue weighted by molar-refractivity contribution is 5.97. The lowest BCUT2D eigenvalue weighted by molar-refractivity contribution is -0.0168. The Kier molecular flexibility index (Phi) is 5.36. The summed E-state index contributed by atoms with van der Waals surface area (Å²) in [6.07, 6.45) is -0.0915. The zero-order valence-electron chi connectivity index (χ0n) is 12.4. The Morgan fingerprint density at radius 1 is 1.52 bits per heavy atom. The Labute approximate surface area is 125 Å². The Morgan fingerprint density at radius 2 is 2.29 bits per heavy atom. The molecule has 0 saturated carbocycles. The second-order valence-electron chi connectivity index (χ2n) is 5.22. The van der Waals surface area contributed by atoms with Crippen LogP contribution in [0.1, 0.15) is 17.3 Å². The summed E-state index contributed by atoms with van der Waals surface area (Å²) >= 11 is 0. The third-order valence-electron chi connectivity index (χ3n) is 3.28. The minimum Gasteiger partial charge on any atom is -0.488 e. The van der Waals surface area contributed by atoms with Gasteiger partial charge in [-0.25, -0.2) is 0 Å². The van der Waals surface area contributed by atoms with Crippen molar-refractivity contribution in [2.45, 2.75) is 13.0 Å². The zero-order valence-corrected chi connectivity index (χ0v) is 12.4. The number of hydrogen-bond acceptors (Lipinski definition) is 4. The second-order valence-corrected chi connectivity index (χ2v) is 5.22. The van der Waals surface area contributed by atoms with Gasteiger partial charge >= 0.3 is 0 Å². The van der Waals surface area contributed by atoms with Crippen LogP contribution in [0.25, 0.3) is 0 Å². The highest BCUT2D eigenvalue weighted by Gasteiger charge is 2.25. The molecule has 0 aliphatic carbocycles. The first-order valence-electron chi connectivity index (χ1n) is 7.09. The summed E-state index contributed by atoms with van der Waals surface area (Å²) in [5.41, 5.74) is 7.09. The summed E-state index contributed by atoms with van der Waals surface area (Å²) in [5.74, 6) is 0.537. The van der Waals surface area contributed by atoms with E-state index in [0.29, 0.717) is 44.2 Å². The molecule has 1 aromatic rings. The molecule has 114 valence electrons. The fraction of sp³-hybridized carbons (Fsp3) is 0.438. The monoisotopic (exact) mass is 290 g/mol. The highest BCUT2D eigenvalue weighted by atomic mass is 16.5. The van der Waals surface area contributed by atoms with Crippen molar-refractivity contribution in [2.75, 3.05) is 32.8 Å². The molecule has 0 bridgehead atoms. The Morgan fingerprint density at radius 3 is 3.00 bits per heavy atom. The average Bonchev–Trinajstić information content (AvgIpc) is 2.52. The van der Waals surface area contributed by atoms with Gasteiger partial charge in [-0.3, -0.25) is 4.79 Å². The van der Waals surface area contributed by atoms with Gasteiger partial charge in [0.25, 0.3) is 5.91 Å². The lowest BCUT2D eigenvalue weighted by atomic mass is 10.1. The first-order valence-corrected chi connectivity index (χ1v) is 7.09. The van der Waals surface area contributed by atoms with Crippen LogP contribution in [-0.2, 0) is 4.74 Å². The van der Waals surface area contributed by atoms with Crippen LogP contribution >= 0.6 is 0 Å². The van der Waals surface area contributed by atoms with Crippen LogP contribution in [0.15, 0.2) is 36.4 Å². The molecule has 0 aromatic heterocycles. The van der Waals surface area contributed by atoms with Gasteiger partial charge in [0.05, 0.1) is 18.3 Å². The van der Waals surface area contributed by atoms with Crippen molar-refractivity contribution in [1.29, 1.82) is 0 Å². The van der Waals surface area contributed by atoms with Gasteiger partial charge in [0.2, 0.25) is 0 Å². The van der Waals surface area contributed by atoms with E-state index >= 15 is 0 Å². The predicted octanol–water partition coefficient (Wildman–Crippen LogP) is 1.44. The molecule has 1 atom stereocenters. The molecule has 1 heterocycles. The SMILES string of the molecule is C=C(C)COc1ccccc1C(=O)N1CCOC(CN)C1. The Hall–Kier alpha value is -1.85. The van der Waals surface area contributed by atoms with E-state index in [2.05, 4.69) is 6.58 Å². The summed E-state index contributed by atoms with van der Waals surface area (Å²) in [7, 11) is 0.